The van der Waals surface area contributed by atoms with Crippen LogP contribution >= 0.6 is 7.60 Å². The van der Waals surface area contributed by atoms with Crippen LogP contribution < -0.4 is 5.32 Å². The van der Waals surface area contributed by atoms with Gasteiger partial charge in [0, 0.05) is 13.2 Å². The molecule has 4 heterocycles. The minimum atomic E-state index is -5.01. The average Bonchev–Trinajstić information content (AvgIpc) is 3.72. The standard InChI is InChI=1S/C21H32N9O9P/c1-37-10-21(40(34,35)36,6-14-26-28-29-27-14)38-9-13-16(32)17(33)20(39-13)30-19-12(7-22-30)18(24-15(8-31)25-19)23-11-4-2-3-5-11/h7,11,13,16-17,20,31-33H,2-6,8-10H2,1H3,(H,23,24,25)(H2,34,35,36)(H,26,27,28,29)/t13-,16-,17-,20-,21?/m1/s1. The van der Waals surface area contributed by atoms with Gasteiger partial charge in [-0.25, -0.2) is 14.6 Å². The zero-order chi connectivity index (χ0) is 28.5. The summed E-state index contributed by atoms with van der Waals surface area (Å²) in [6.45, 7) is -1.51. The number of ether oxygens (including phenoxy) is 3. The Balaban J connectivity index is 1.38. The summed E-state index contributed by atoms with van der Waals surface area (Å²) in [5.74, 6) is 0.596. The van der Waals surface area contributed by atoms with E-state index >= 15 is 0 Å². The molecule has 220 valence electrons. The van der Waals surface area contributed by atoms with Crippen molar-refractivity contribution >= 4 is 24.4 Å². The summed E-state index contributed by atoms with van der Waals surface area (Å²) in [6, 6.07) is 0.221. The first-order valence-corrected chi connectivity index (χ1v) is 14.3. The topological polar surface area (TPSA) is 256 Å². The number of aliphatic hydroxyl groups is 3. The van der Waals surface area contributed by atoms with Crippen LogP contribution in [-0.4, -0.2) is 115 Å². The van der Waals surface area contributed by atoms with Crippen molar-refractivity contribution in [1.29, 1.82) is 0 Å². The number of aliphatic hydroxyl groups excluding tert-OH is 3. The predicted octanol–water partition coefficient (Wildman–Crippen LogP) is -1.41. The molecule has 19 heteroatoms. The Hall–Kier alpha value is -2.67. The van der Waals surface area contributed by atoms with Crippen LogP contribution in [0.1, 0.15) is 43.6 Å². The molecule has 5 atom stereocenters. The van der Waals surface area contributed by atoms with Gasteiger partial charge in [0.05, 0.1) is 31.2 Å². The second-order valence-corrected chi connectivity index (χ2v) is 11.8. The Bertz CT molecular complexity index is 1330. The summed E-state index contributed by atoms with van der Waals surface area (Å²) < 4.78 is 30.4. The Morgan fingerprint density at radius 3 is 2.65 bits per heavy atom. The fourth-order valence-electron chi connectivity index (χ4n) is 5.05. The fourth-order valence-corrected chi connectivity index (χ4v) is 5.94. The van der Waals surface area contributed by atoms with Crippen molar-refractivity contribution in [3.63, 3.8) is 0 Å². The van der Waals surface area contributed by atoms with E-state index in [0.717, 1.165) is 25.7 Å². The van der Waals surface area contributed by atoms with Crippen molar-refractivity contribution in [1.82, 2.24) is 40.4 Å². The van der Waals surface area contributed by atoms with Gasteiger partial charge in [-0.3, -0.25) is 4.57 Å². The molecule has 3 aromatic heterocycles. The average molecular weight is 586 g/mol. The molecule has 7 N–H and O–H groups in total. The normalized spacial score (nSPS) is 25.6. The lowest BCUT2D eigenvalue weighted by Gasteiger charge is -2.33. The number of anilines is 1. The molecule has 18 nitrogen and oxygen atoms in total. The van der Waals surface area contributed by atoms with Gasteiger partial charge in [0.15, 0.2) is 28.9 Å². The molecular weight excluding hydrogens is 553 g/mol. The van der Waals surface area contributed by atoms with E-state index in [2.05, 4.69) is 41.0 Å². The number of tetrazole rings is 1. The van der Waals surface area contributed by atoms with Crippen LogP contribution in [0.4, 0.5) is 5.82 Å². The van der Waals surface area contributed by atoms with Crippen molar-refractivity contribution in [3.8, 4) is 0 Å². The van der Waals surface area contributed by atoms with Crippen molar-refractivity contribution in [2.24, 2.45) is 0 Å². The molecule has 1 saturated heterocycles. The number of aromatic amines is 1. The minimum absolute atomic E-state index is 0.0319. The molecule has 1 aliphatic heterocycles. The van der Waals surface area contributed by atoms with E-state index in [4.69, 9.17) is 14.2 Å². The maximum Gasteiger partial charge on any atom is 0.359 e. The van der Waals surface area contributed by atoms with Gasteiger partial charge in [-0.05, 0) is 12.8 Å². The van der Waals surface area contributed by atoms with Crippen LogP contribution in [0.15, 0.2) is 6.20 Å². The third-order valence-electron chi connectivity index (χ3n) is 7.16. The number of H-pyrrole nitrogens is 1. The third kappa shape index (κ3) is 5.59. The smallest absolute Gasteiger partial charge is 0.359 e. The van der Waals surface area contributed by atoms with E-state index in [1.165, 1.54) is 18.0 Å². The number of methoxy groups -OCH3 is 1. The first-order valence-electron chi connectivity index (χ1n) is 12.7. The van der Waals surface area contributed by atoms with Gasteiger partial charge in [0.1, 0.15) is 30.7 Å². The Kier molecular flexibility index (Phi) is 8.42. The van der Waals surface area contributed by atoms with Gasteiger partial charge in [-0.15, -0.1) is 10.2 Å². The van der Waals surface area contributed by atoms with E-state index in [-0.39, 0.29) is 23.3 Å². The highest BCUT2D eigenvalue weighted by molar-refractivity contribution is 7.53. The Morgan fingerprint density at radius 2 is 2.00 bits per heavy atom. The highest BCUT2D eigenvalue weighted by atomic mass is 31.2. The van der Waals surface area contributed by atoms with E-state index in [9.17, 15) is 29.7 Å². The lowest BCUT2D eigenvalue weighted by atomic mass is 10.1. The van der Waals surface area contributed by atoms with Crippen LogP contribution in [0.5, 0.6) is 0 Å². The molecule has 5 rings (SSSR count). The monoisotopic (exact) mass is 585 g/mol. The molecular formula is C21H32N9O9P. The fraction of sp³-hybridized carbons (Fsp3) is 0.714. The zero-order valence-electron chi connectivity index (χ0n) is 21.6. The number of rotatable bonds is 12. The van der Waals surface area contributed by atoms with Crippen LogP contribution in [0.3, 0.4) is 0 Å². The molecule has 0 radical (unpaired) electrons. The SMILES string of the molecule is COCC(Cc1nn[nH]n1)(OC[C@H]1O[C@@H](n2ncc3c(NC4CCCC4)nc(CO)nc32)[C@H](O)[C@@H]1O)P(=O)(O)O. The Labute approximate surface area is 227 Å². The highest BCUT2D eigenvalue weighted by Gasteiger charge is 2.52. The summed E-state index contributed by atoms with van der Waals surface area (Å²) in [5.41, 5.74) is 0.262. The Morgan fingerprint density at radius 1 is 1.23 bits per heavy atom. The van der Waals surface area contributed by atoms with E-state index in [1.54, 1.807) is 0 Å². The summed E-state index contributed by atoms with van der Waals surface area (Å²) in [4.78, 5) is 29.1. The summed E-state index contributed by atoms with van der Waals surface area (Å²) in [5, 5.41) is 50.5. The molecule has 0 bridgehead atoms. The molecule has 3 aromatic rings. The first-order chi connectivity index (χ1) is 19.2. The molecule has 2 aliphatic rings. The predicted molar refractivity (Wildman–Crippen MR) is 134 cm³/mol. The maximum atomic E-state index is 12.5. The van der Waals surface area contributed by atoms with Crippen LogP contribution in [-0.2, 0) is 31.8 Å². The molecule has 1 unspecified atom stereocenters. The van der Waals surface area contributed by atoms with Crippen molar-refractivity contribution < 1.29 is 43.9 Å². The molecule has 1 saturated carbocycles. The number of hydrogen-bond acceptors (Lipinski definition) is 14. The minimum Gasteiger partial charge on any atom is -0.388 e. The lowest BCUT2D eigenvalue weighted by Crippen LogP contribution is -2.44. The molecule has 1 aliphatic carbocycles. The van der Waals surface area contributed by atoms with Crippen LogP contribution in [0.25, 0.3) is 11.0 Å². The van der Waals surface area contributed by atoms with E-state index in [0.29, 0.717) is 11.2 Å². The van der Waals surface area contributed by atoms with Gasteiger partial charge in [-0.1, -0.05) is 18.1 Å². The van der Waals surface area contributed by atoms with Crippen LogP contribution in [0, 0.1) is 0 Å². The summed E-state index contributed by atoms with van der Waals surface area (Å²) in [7, 11) is -3.77. The van der Waals surface area contributed by atoms with E-state index in [1.807, 2.05) is 0 Å². The second-order valence-electron chi connectivity index (χ2n) is 9.88. The maximum absolute atomic E-state index is 12.5. The molecule has 0 amide bonds. The highest BCUT2D eigenvalue weighted by Crippen LogP contribution is 2.53. The summed E-state index contributed by atoms with van der Waals surface area (Å²) >= 11 is 0. The van der Waals surface area contributed by atoms with Crippen LogP contribution in [0.2, 0.25) is 0 Å². The van der Waals surface area contributed by atoms with Crippen molar-refractivity contribution in [2.45, 2.75) is 74.6 Å². The second kappa shape index (κ2) is 11.7. The van der Waals surface area contributed by atoms with Gasteiger partial charge < -0.3 is 44.6 Å². The largest absolute Gasteiger partial charge is 0.388 e. The van der Waals surface area contributed by atoms with Gasteiger partial charge in [-0.2, -0.15) is 10.3 Å². The third-order valence-corrected chi connectivity index (χ3v) is 8.63. The van der Waals surface area contributed by atoms with Gasteiger partial charge in [0.2, 0.25) is 0 Å². The number of nitrogens with zero attached hydrogens (tertiary/aromatic N) is 7. The molecule has 0 aromatic carbocycles. The number of aromatic nitrogens is 8. The molecule has 2 fully saturated rings. The van der Waals surface area contributed by atoms with E-state index < -0.39 is 63.7 Å². The molecule has 0 spiro atoms. The zero-order valence-corrected chi connectivity index (χ0v) is 22.5. The van der Waals surface area contributed by atoms with Gasteiger partial charge >= 0.3 is 7.60 Å². The molecule has 40 heavy (non-hydrogen) atoms. The lowest BCUT2D eigenvalue weighted by molar-refractivity contribution is -0.113. The summed E-state index contributed by atoms with van der Waals surface area (Å²) in [6.07, 6.45) is -0.250. The number of hydrogen-bond donors (Lipinski definition) is 7. The van der Waals surface area contributed by atoms with Gasteiger partial charge in [0.25, 0.3) is 0 Å². The quantitative estimate of drug-likeness (QED) is 0.120. The van der Waals surface area contributed by atoms with Crippen molar-refractivity contribution in [2.75, 3.05) is 25.6 Å². The number of nitrogens with one attached hydrogen (secondary N) is 2. The first kappa shape index (κ1) is 28.8. The number of fused-ring (bicyclic) bond motifs is 1. The van der Waals surface area contributed by atoms with Crippen molar-refractivity contribution in [3.05, 3.63) is 17.8 Å².